The minimum Gasteiger partial charge on any atom is -0.310 e. The van der Waals surface area contributed by atoms with Crippen molar-refractivity contribution >= 4 is 33.0 Å². The lowest BCUT2D eigenvalue weighted by atomic mass is 9.84. The lowest BCUT2D eigenvalue weighted by Gasteiger charge is -2.30. The molecule has 0 unspecified atom stereocenters. The molecule has 27 heavy (non-hydrogen) atoms. The van der Waals surface area contributed by atoms with Gasteiger partial charge in [-0.05, 0) is 79.3 Å². The Kier molecular flexibility index (Phi) is 5.48. The normalized spacial score (nSPS) is 11.5. The SMILES string of the molecule is Cc1ccc(N(c2ccc(Br)cc2)c2c(C)cc(C(C)(C)C)cc2C)cc1. The molecular weight excluding hydrogens is 394 g/mol. The van der Waals surface area contributed by atoms with E-state index in [4.69, 9.17) is 0 Å². The van der Waals surface area contributed by atoms with E-state index < -0.39 is 0 Å². The molecule has 0 bridgehead atoms. The van der Waals surface area contributed by atoms with Crippen molar-refractivity contribution in [3.8, 4) is 0 Å². The first-order chi connectivity index (χ1) is 12.7. The summed E-state index contributed by atoms with van der Waals surface area (Å²) in [5.74, 6) is 0. The number of aryl methyl sites for hydroxylation is 3. The summed E-state index contributed by atoms with van der Waals surface area (Å²) in [5, 5.41) is 0. The van der Waals surface area contributed by atoms with E-state index in [1.165, 1.54) is 33.6 Å². The van der Waals surface area contributed by atoms with E-state index in [0.29, 0.717) is 0 Å². The number of hydrogen-bond donors (Lipinski definition) is 0. The standard InChI is InChI=1S/C25H28BrN/c1-17-7-11-22(12-8-17)27(23-13-9-21(26)10-14-23)24-18(2)15-20(16-19(24)3)25(4,5)6/h7-16H,1-6H3. The van der Waals surface area contributed by atoms with E-state index in [-0.39, 0.29) is 5.41 Å². The van der Waals surface area contributed by atoms with Crippen LogP contribution in [0.15, 0.2) is 65.1 Å². The second-order valence-corrected chi connectivity index (χ2v) is 9.27. The molecule has 0 aliphatic heterocycles. The maximum absolute atomic E-state index is 3.56. The highest BCUT2D eigenvalue weighted by Crippen LogP contribution is 2.40. The topological polar surface area (TPSA) is 3.24 Å². The molecule has 0 saturated carbocycles. The van der Waals surface area contributed by atoms with Crippen LogP contribution in [0.25, 0.3) is 0 Å². The monoisotopic (exact) mass is 421 g/mol. The quantitative estimate of drug-likeness (QED) is 0.412. The molecule has 3 aromatic rings. The van der Waals surface area contributed by atoms with Crippen molar-refractivity contribution in [1.29, 1.82) is 0 Å². The smallest absolute Gasteiger partial charge is 0.0520 e. The van der Waals surface area contributed by atoms with Crippen LogP contribution < -0.4 is 4.90 Å². The van der Waals surface area contributed by atoms with E-state index in [1.807, 2.05) is 0 Å². The predicted molar refractivity (Wildman–Crippen MR) is 122 cm³/mol. The summed E-state index contributed by atoms with van der Waals surface area (Å²) >= 11 is 3.56. The predicted octanol–water partition coefficient (Wildman–Crippen LogP) is 8.14. The second-order valence-electron chi connectivity index (χ2n) is 8.36. The van der Waals surface area contributed by atoms with Gasteiger partial charge in [-0.25, -0.2) is 0 Å². The summed E-state index contributed by atoms with van der Waals surface area (Å²) in [6, 6.07) is 22.0. The lowest BCUT2D eigenvalue weighted by Crippen LogP contribution is -2.16. The van der Waals surface area contributed by atoms with E-state index >= 15 is 0 Å². The van der Waals surface area contributed by atoms with Gasteiger partial charge >= 0.3 is 0 Å². The largest absolute Gasteiger partial charge is 0.310 e. The maximum Gasteiger partial charge on any atom is 0.0520 e. The Labute approximate surface area is 172 Å². The van der Waals surface area contributed by atoms with Gasteiger partial charge in [0.05, 0.1) is 5.69 Å². The minimum absolute atomic E-state index is 0.139. The Morgan fingerprint density at radius 3 is 1.59 bits per heavy atom. The Morgan fingerprint density at radius 2 is 1.15 bits per heavy atom. The van der Waals surface area contributed by atoms with E-state index in [0.717, 1.165) is 10.2 Å². The molecular formula is C25H28BrN. The van der Waals surface area contributed by atoms with Crippen LogP contribution in [-0.2, 0) is 5.41 Å². The van der Waals surface area contributed by atoms with Gasteiger partial charge in [0.1, 0.15) is 0 Å². The van der Waals surface area contributed by atoms with Crippen LogP contribution in [0, 0.1) is 20.8 Å². The third kappa shape index (κ3) is 4.27. The first-order valence-corrected chi connectivity index (χ1v) is 10.2. The van der Waals surface area contributed by atoms with Gasteiger partial charge in [0.15, 0.2) is 0 Å². The number of halogens is 1. The van der Waals surface area contributed by atoms with Crippen molar-refractivity contribution in [2.75, 3.05) is 4.90 Å². The first kappa shape index (κ1) is 19.7. The summed E-state index contributed by atoms with van der Waals surface area (Å²) in [6.07, 6.45) is 0. The van der Waals surface area contributed by atoms with Gasteiger partial charge in [0, 0.05) is 15.8 Å². The van der Waals surface area contributed by atoms with E-state index in [9.17, 15) is 0 Å². The fraction of sp³-hybridized carbons (Fsp3) is 0.280. The van der Waals surface area contributed by atoms with E-state index in [1.54, 1.807) is 0 Å². The second kappa shape index (κ2) is 7.52. The number of nitrogens with zero attached hydrogens (tertiary/aromatic N) is 1. The van der Waals surface area contributed by atoms with Gasteiger partial charge in [-0.3, -0.25) is 0 Å². The van der Waals surface area contributed by atoms with Crippen molar-refractivity contribution in [2.45, 2.75) is 47.0 Å². The Bertz CT molecular complexity index is 863. The van der Waals surface area contributed by atoms with E-state index in [2.05, 4.69) is 123 Å². The zero-order valence-electron chi connectivity index (χ0n) is 17.1. The maximum atomic E-state index is 3.56. The molecule has 0 amide bonds. The van der Waals surface area contributed by atoms with Crippen molar-refractivity contribution in [3.05, 3.63) is 87.4 Å². The zero-order chi connectivity index (χ0) is 19.8. The number of benzene rings is 3. The number of rotatable bonds is 3. The van der Waals surface area contributed by atoms with Gasteiger partial charge in [0.25, 0.3) is 0 Å². The van der Waals surface area contributed by atoms with Crippen LogP contribution in [0.3, 0.4) is 0 Å². The Balaban J connectivity index is 2.22. The molecule has 0 radical (unpaired) electrons. The summed E-state index contributed by atoms with van der Waals surface area (Å²) < 4.78 is 1.09. The van der Waals surface area contributed by atoms with Crippen LogP contribution in [0.2, 0.25) is 0 Å². The Hall–Kier alpha value is -2.06. The zero-order valence-corrected chi connectivity index (χ0v) is 18.7. The fourth-order valence-corrected chi connectivity index (χ4v) is 3.70. The van der Waals surface area contributed by atoms with Gasteiger partial charge in [-0.2, -0.15) is 0 Å². The molecule has 0 aliphatic carbocycles. The average Bonchev–Trinajstić information content (AvgIpc) is 2.59. The summed E-state index contributed by atoms with van der Waals surface area (Å²) in [5.41, 5.74) is 8.97. The molecule has 3 rings (SSSR count). The number of hydrogen-bond acceptors (Lipinski definition) is 1. The molecule has 0 heterocycles. The molecule has 140 valence electrons. The highest BCUT2D eigenvalue weighted by atomic mass is 79.9. The average molecular weight is 422 g/mol. The Morgan fingerprint density at radius 1 is 0.704 bits per heavy atom. The summed E-state index contributed by atoms with van der Waals surface area (Å²) in [7, 11) is 0. The molecule has 3 aromatic carbocycles. The van der Waals surface area contributed by atoms with Crippen LogP contribution >= 0.6 is 15.9 Å². The summed E-state index contributed by atoms with van der Waals surface area (Å²) in [6.45, 7) is 13.4. The highest BCUT2D eigenvalue weighted by Gasteiger charge is 2.21. The molecule has 0 saturated heterocycles. The van der Waals surface area contributed by atoms with Crippen LogP contribution in [0.4, 0.5) is 17.1 Å². The molecule has 0 atom stereocenters. The third-order valence-corrected chi connectivity index (χ3v) is 5.49. The molecule has 0 spiro atoms. The fourth-order valence-electron chi connectivity index (χ4n) is 3.43. The van der Waals surface area contributed by atoms with Crippen molar-refractivity contribution in [2.24, 2.45) is 0 Å². The lowest BCUT2D eigenvalue weighted by molar-refractivity contribution is 0.589. The first-order valence-electron chi connectivity index (χ1n) is 9.41. The molecule has 2 heteroatoms. The third-order valence-electron chi connectivity index (χ3n) is 4.96. The highest BCUT2D eigenvalue weighted by molar-refractivity contribution is 9.10. The molecule has 0 fully saturated rings. The minimum atomic E-state index is 0.139. The number of anilines is 3. The molecule has 0 aromatic heterocycles. The van der Waals surface area contributed by atoms with Gasteiger partial charge in [0.2, 0.25) is 0 Å². The van der Waals surface area contributed by atoms with Crippen molar-refractivity contribution < 1.29 is 0 Å². The van der Waals surface area contributed by atoms with Gasteiger partial charge in [-0.15, -0.1) is 0 Å². The van der Waals surface area contributed by atoms with Crippen molar-refractivity contribution in [3.63, 3.8) is 0 Å². The molecule has 0 N–H and O–H groups in total. The molecule has 1 nitrogen and oxygen atoms in total. The van der Waals surface area contributed by atoms with Gasteiger partial charge in [-0.1, -0.05) is 66.5 Å². The van der Waals surface area contributed by atoms with Crippen LogP contribution in [0.1, 0.15) is 43.0 Å². The molecule has 0 aliphatic rings. The summed E-state index contributed by atoms with van der Waals surface area (Å²) in [4.78, 5) is 2.36. The van der Waals surface area contributed by atoms with Gasteiger partial charge < -0.3 is 4.90 Å². The van der Waals surface area contributed by atoms with Crippen LogP contribution in [0.5, 0.6) is 0 Å². The van der Waals surface area contributed by atoms with Crippen molar-refractivity contribution in [1.82, 2.24) is 0 Å². The van der Waals surface area contributed by atoms with Crippen LogP contribution in [-0.4, -0.2) is 0 Å².